The molecule has 0 heterocycles. The van der Waals surface area contributed by atoms with Crippen LogP contribution in [-0.4, -0.2) is 50.0 Å². The molecule has 196 valence electrons. The Labute approximate surface area is 221 Å². The van der Waals surface area contributed by atoms with Gasteiger partial charge in [0.25, 0.3) is 0 Å². The third kappa shape index (κ3) is 7.11. The van der Waals surface area contributed by atoms with Crippen LogP contribution in [0.3, 0.4) is 0 Å². The fraction of sp³-hybridized carbons (Fsp3) is 0.440. The molecule has 1 N–H and O–H groups in total. The molecule has 1 aliphatic carbocycles. The normalized spacial score (nSPS) is 14.9. The third-order valence-corrected chi connectivity index (χ3v) is 8.10. The summed E-state index contributed by atoms with van der Waals surface area (Å²) in [6, 6.07) is 9.04. The standard InChI is InChI=1S/C25H30Cl2FN3O4S/c1-3-23(25(33)29-18-9-4-5-10-18)30(15-20-21(26)12-7-13-22(20)27)24(32)16-31(36(2,34)35)19-11-6-8-17(28)14-19/h6-8,11-14,18,23H,3-5,9-10,15-16H2,1-2H3,(H,29,33)/t23-/m1/s1. The van der Waals surface area contributed by atoms with E-state index in [-0.39, 0.29) is 30.6 Å². The van der Waals surface area contributed by atoms with Crippen LogP contribution in [0.5, 0.6) is 0 Å². The quantitative estimate of drug-likeness (QED) is 0.456. The van der Waals surface area contributed by atoms with Gasteiger partial charge in [-0.3, -0.25) is 13.9 Å². The molecule has 7 nitrogen and oxygen atoms in total. The van der Waals surface area contributed by atoms with E-state index in [1.54, 1.807) is 25.1 Å². The maximum atomic E-state index is 13.9. The number of halogens is 3. The second-order valence-corrected chi connectivity index (χ2v) is 11.6. The monoisotopic (exact) mass is 557 g/mol. The van der Waals surface area contributed by atoms with E-state index in [0.717, 1.165) is 42.3 Å². The Balaban J connectivity index is 1.97. The summed E-state index contributed by atoms with van der Waals surface area (Å²) in [5, 5.41) is 3.66. The molecule has 0 aliphatic heterocycles. The second kappa shape index (κ2) is 12.3. The Hall–Kier alpha value is -2.36. The van der Waals surface area contributed by atoms with Crippen LogP contribution in [0.25, 0.3) is 0 Å². The van der Waals surface area contributed by atoms with E-state index in [9.17, 15) is 22.4 Å². The molecular formula is C25H30Cl2FN3O4S. The lowest BCUT2D eigenvalue weighted by Gasteiger charge is -2.33. The Morgan fingerprint density at radius 3 is 2.28 bits per heavy atom. The Morgan fingerprint density at radius 1 is 1.11 bits per heavy atom. The van der Waals surface area contributed by atoms with Gasteiger partial charge in [-0.2, -0.15) is 0 Å². The van der Waals surface area contributed by atoms with Crippen molar-refractivity contribution in [2.75, 3.05) is 17.1 Å². The highest BCUT2D eigenvalue weighted by Gasteiger charge is 2.33. The molecule has 1 atom stereocenters. The zero-order chi connectivity index (χ0) is 26.5. The van der Waals surface area contributed by atoms with E-state index in [1.165, 1.54) is 23.1 Å². The lowest BCUT2D eigenvalue weighted by molar-refractivity contribution is -0.140. The average Bonchev–Trinajstić information content (AvgIpc) is 3.31. The number of amides is 2. The van der Waals surface area contributed by atoms with Gasteiger partial charge in [0, 0.05) is 28.2 Å². The first-order valence-corrected chi connectivity index (χ1v) is 14.4. The van der Waals surface area contributed by atoms with Gasteiger partial charge in [-0.1, -0.05) is 55.1 Å². The Kier molecular flexibility index (Phi) is 9.60. The summed E-state index contributed by atoms with van der Waals surface area (Å²) in [5.41, 5.74) is 0.447. The predicted octanol–water partition coefficient (Wildman–Crippen LogP) is 4.76. The van der Waals surface area contributed by atoms with Gasteiger partial charge in [-0.15, -0.1) is 0 Å². The van der Waals surface area contributed by atoms with Crippen molar-refractivity contribution in [1.29, 1.82) is 0 Å². The van der Waals surface area contributed by atoms with Gasteiger partial charge in [0.05, 0.1) is 11.9 Å². The maximum absolute atomic E-state index is 13.9. The minimum Gasteiger partial charge on any atom is -0.352 e. The van der Waals surface area contributed by atoms with Crippen LogP contribution < -0.4 is 9.62 Å². The minimum atomic E-state index is -3.96. The van der Waals surface area contributed by atoms with Crippen LogP contribution in [0.1, 0.15) is 44.6 Å². The van der Waals surface area contributed by atoms with E-state index in [1.807, 2.05) is 0 Å². The van der Waals surface area contributed by atoms with Crippen molar-refractivity contribution >= 4 is 50.7 Å². The molecule has 11 heteroatoms. The van der Waals surface area contributed by atoms with Crippen molar-refractivity contribution in [3.05, 3.63) is 63.9 Å². The van der Waals surface area contributed by atoms with Crippen molar-refractivity contribution in [2.24, 2.45) is 0 Å². The molecular weight excluding hydrogens is 528 g/mol. The number of benzene rings is 2. The number of rotatable bonds is 10. The molecule has 1 fully saturated rings. The van der Waals surface area contributed by atoms with Gasteiger partial charge in [0.2, 0.25) is 21.8 Å². The van der Waals surface area contributed by atoms with E-state index >= 15 is 0 Å². The highest BCUT2D eigenvalue weighted by molar-refractivity contribution is 7.92. The number of carbonyl (C=O) groups excluding carboxylic acids is 2. The predicted molar refractivity (Wildman–Crippen MR) is 140 cm³/mol. The van der Waals surface area contributed by atoms with Crippen molar-refractivity contribution in [3.8, 4) is 0 Å². The van der Waals surface area contributed by atoms with Crippen molar-refractivity contribution in [2.45, 2.75) is 57.7 Å². The molecule has 0 unspecified atom stereocenters. The zero-order valence-electron chi connectivity index (χ0n) is 20.2. The van der Waals surface area contributed by atoms with Gasteiger partial charge in [0.1, 0.15) is 18.4 Å². The summed E-state index contributed by atoms with van der Waals surface area (Å²) in [7, 11) is -3.96. The highest BCUT2D eigenvalue weighted by atomic mass is 35.5. The number of anilines is 1. The van der Waals surface area contributed by atoms with Crippen LogP contribution in [0.4, 0.5) is 10.1 Å². The van der Waals surface area contributed by atoms with Crippen molar-refractivity contribution < 1.29 is 22.4 Å². The maximum Gasteiger partial charge on any atom is 0.244 e. The molecule has 0 saturated heterocycles. The van der Waals surface area contributed by atoms with Gasteiger partial charge in [0.15, 0.2) is 0 Å². The Bertz CT molecular complexity index is 1190. The van der Waals surface area contributed by atoms with Crippen LogP contribution in [-0.2, 0) is 26.2 Å². The van der Waals surface area contributed by atoms with Gasteiger partial charge in [-0.05, 0) is 49.6 Å². The summed E-state index contributed by atoms with van der Waals surface area (Å²) in [6.45, 7) is 1.04. The number of nitrogens with zero attached hydrogens (tertiary/aromatic N) is 2. The van der Waals surface area contributed by atoms with Crippen LogP contribution in [0, 0.1) is 5.82 Å². The van der Waals surface area contributed by atoms with Crippen LogP contribution in [0.15, 0.2) is 42.5 Å². The molecule has 1 saturated carbocycles. The van der Waals surface area contributed by atoms with E-state index in [2.05, 4.69) is 5.32 Å². The van der Waals surface area contributed by atoms with E-state index < -0.39 is 34.3 Å². The summed E-state index contributed by atoms with van der Waals surface area (Å²) < 4.78 is 39.9. The molecule has 2 aromatic rings. The zero-order valence-corrected chi connectivity index (χ0v) is 22.5. The summed E-state index contributed by atoms with van der Waals surface area (Å²) >= 11 is 12.7. The highest BCUT2D eigenvalue weighted by Crippen LogP contribution is 2.28. The molecule has 2 aromatic carbocycles. The Morgan fingerprint density at radius 2 is 1.72 bits per heavy atom. The van der Waals surface area contributed by atoms with Gasteiger partial charge < -0.3 is 10.2 Å². The molecule has 0 radical (unpaired) electrons. The number of hydrogen-bond donors (Lipinski definition) is 1. The first-order chi connectivity index (χ1) is 17.0. The number of hydrogen-bond acceptors (Lipinski definition) is 4. The first-order valence-electron chi connectivity index (χ1n) is 11.8. The fourth-order valence-corrected chi connectivity index (χ4v) is 5.74. The molecule has 0 spiro atoms. The third-order valence-electron chi connectivity index (χ3n) is 6.25. The largest absolute Gasteiger partial charge is 0.352 e. The van der Waals surface area contributed by atoms with E-state index in [0.29, 0.717) is 15.6 Å². The number of nitrogens with one attached hydrogen (secondary N) is 1. The van der Waals surface area contributed by atoms with Crippen LogP contribution >= 0.6 is 23.2 Å². The topological polar surface area (TPSA) is 86.8 Å². The summed E-state index contributed by atoms with van der Waals surface area (Å²) in [6.07, 6.45) is 5.00. The molecule has 2 amide bonds. The smallest absolute Gasteiger partial charge is 0.244 e. The second-order valence-electron chi connectivity index (χ2n) is 8.89. The van der Waals surface area contributed by atoms with Crippen molar-refractivity contribution in [3.63, 3.8) is 0 Å². The molecule has 1 aliphatic rings. The first kappa shape index (κ1) is 28.2. The lowest BCUT2D eigenvalue weighted by atomic mass is 10.1. The van der Waals surface area contributed by atoms with E-state index in [4.69, 9.17) is 23.2 Å². The number of sulfonamides is 1. The summed E-state index contributed by atoms with van der Waals surface area (Å²) in [4.78, 5) is 28.3. The fourth-order valence-electron chi connectivity index (χ4n) is 4.39. The van der Waals surface area contributed by atoms with Gasteiger partial charge in [-0.25, -0.2) is 12.8 Å². The van der Waals surface area contributed by atoms with Crippen molar-refractivity contribution in [1.82, 2.24) is 10.2 Å². The van der Waals surface area contributed by atoms with Crippen LogP contribution in [0.2, 0.25) is 10.0 Å². The molecule has 0 aromatic heterocycles. The minimum absolute atomic E-state index is 0.00466. The molecule has 36 heavy (non-hydrogen) atoms. The molecule has 3 rings (SSSR count). The average molecular weight is 559 g/mol. The SMILES string of the molecule is CC[C@H](C(=O)NC1CCCC1)N(Cc1c(Cl)cccc1Cl)C(=O)CN(c1cccc(F)c1)S(C)(=O)=O. The lowest BCUT2D eigenvalue weighted by Crippen LogP contribution is -2.53. The summed E-state index contributed by atoms with van der Waals surface area (Å²) in [5.74, 6) is -1.61. The number of carbonyl (C=O) groups is 2. The molecule has 0 bridgehead atoms. The van der Waals surface area contributed by atoms with Gasteiger partial charge >= 0.3 is 0 Å².